The first kappa shape index (κ1) is 17.5. The Morgan fingerprint density at radius 1 is 1.20 bits per heavy atom. The smallest absolute Gasteiger partial charge is 0.222 e. The summed E-state index contributed by atoms with van der Waals surface area (Å²) in [7, 11) is 0. The SMILES string of the molecule is CC(C)C(=O)NC1CCN(Cc2nnnn2Cc2ccccc2)CC1. The van der Waals surface area contributed by atoms with Crippen LogP contribution in [0.5, 0.6) is 0 Å². The van der Waals surface area contributed by atoms with Gasteiger partial charge in [0.25, 0.3) is 0 Å². The molecule has 3 rings (SSSR count). The Hall–Kier alpha value is -2.28. The van der Waals surface area contributed by atoms with Crippen LogP contribution in [0.1, 0.15) is 38.1 Å². The van der Waals surface area contributed by atoms with Crippen molar-refractivity contribution in [3.8, 4) is 0 Å². The molecule has 0 bridgehead atoms. The number of carbonyl (C=O) groups excluding carboxylic acids is 1. The van der Waals surface area contributed by atoms with Crippen LogP contribution in [-0.2, 0) is 17.9 Å². The van der Waals surface area contributed by atoms with Crippen LogP contribution in [0.2, 0.25) is 0 Å². The highest BCUT2D eigenvalue weighted by molar-refractivity contribution is 5.78. The van der Waals surface area contributed by atoms with Crippen molar-refractivity contribution in [2.24, 2.45) is 5.92 Å². The van der Waals surface area contributed by atoms with Gasteiger partial charge >= 0.3 is 0 Å². The number of benzene rings is 1. The van der Waals surface area contributed by atoms with Crippen molar-refractivity contribution in [2.45, 2.75) is 45.8 Å². The highest BCUT2D eigenvalue weighted by Crippen LogP contribution is 2.14. The zero-order chi connectivity index (χ0) is 17.6. The Morgan fingerprint density at radius 2 is 1.92 bits per heavy atom. The number of hydrogen-bond donors (Lipinski definition) is 1. The van der Waals surface area contributed by atoms with Gasteiger partial charge in [-0.1, -0.05) is 44.2 Å². The minimum Gasteiger partial charge on any atom is -0.353 e. The lowest BCUT2D eigenvalue weighted by Crippen LogP contribution is -2.45. The minimum atomic E-state index is 0.0423. The predicted molar refractivity (Wildman–Crippen MR) is 94.6 cm³/mol. The minimum absolute atomic E-state index is 0.0423. The van der Waals surface area contributed by atoms with Crippen LogP contribution in [0.4, 0.5) is 0 Å². The maximum atomic E-state index is 11.8. The van der Waals surface area contributed by atoms with E-state index in [0.29, 0.717) is 6.54 Å². The average molecular weight is 342 g/mol. The first-order chi connectivity index (χ1) is 12.1. The second kappa shape index (κ2) is 8.20. The number of carbonyl (C=O) groups is 1. The summed E-state index contributed by atoms with van der Waals surface area (Å²) in [6.45, 7) is 7.17. The molecule has 1 fully saturated rings. The maximum absolute atomic E-state index is 11.8. The van der Waals surface area contributed by atoms with E-state index in [9.17, 15) is 4.79 Å². The van der Waals surface area contributed by atoms with Crippen LogP contribution < -0.4 is 5.32 Å². The molecule has 134 valence electrons. The molecule has 25 heavy (non-hydrogen) atoms. The van der Waals surface area contributed by atoms with Gasteiger partial charge in [-0.05, 0) is 28.8 Å². The molecule has 0 saturated carbocycles. The second-order valence-electron chi connectivity index (χ2n) is 6.95. The van der Waals surface area contributed by atoms with Gasteiger partial charge in [0.2, 0.25) is 5.91 Å². The molecule has 2 aromatic rings. The van der Waals surface area contributed by atoms with E-state index in [-0.39, 0.29) is 17.9 Å². The van der Waals surface area contributed by atoms with Crippen molar-refractivity contribution in [1.29, 1.82) is 0 Å². The Balaban J connectivity index is 1.51. The lowest BCUT2D eigenvalue weighted by molar-refractivity contribution is -0.125. The van der Waals surface area contributed by atoms with Crippen molar-refractivity contribution >= 4 is 5.91 Å². The largest absolute Gasteiger partial charge is 0.353 e. The third-order valence-corrected chi connectivity index (χ3v) is 4.60. The monoisotopic (exact) mass is 342 g/mol. The summed E-state index contributed by atoms with van der Waals surface area (Å²) in [5.74, 6) is 1.07. The van der Waals surface area contributed by atoms with Crippen LogP contribution >= 0.6 is 0 Å². The molecular formula is C18H26N6O. The Kier molecular flexibility index (Phi) is 5.75. The third-order valence-electron chi connectivity index (χ3n) is 4.60. The number of nitrogens with zero attached hydrogens (tertiary/aromatic N) is 5. The Bertz CT molecular complexity index is 676. The van der Waals surface area contributed by atoms with Gasteiger partial charge in [0.05, 0.1) is 13.1 Å². The molecule has 0 aliphatic carbocycles. The van der Waals surface area contributed by atoms with E-state index >= 15 is 0 Å². The van der Waals surface area contributed by atoms with Gasteiger partial charge in [-0.2, -0.15) is 0 Å². The molecule has 1 amide bonds. The average Bonchev–Trinajstić information content (AvgIpc) is 3.04. The lowest BCUT2D eigenvalue weighted by Gasteiger charge is -2.32. The van der Waals surface area contributed by atoms with E-state index in [0.717, 1.165) is 38.3 Å². The number of piperidine rings is 1. The molecule has 0 radical (unpaired) electrons. The highest BCUT2D eigenvalue weighted by atomic mass is 16.1. The van der Waals surface area contributed by atoms with Gasteiger partial charge in [-0.25, -0.2) is 4.68 Å². The summed E-state index contributed by atoms with van der Waals surface area (Å²) in [6, 6.07) is 10.5. The number of rotatable bonds is 6. The molecule has 0 unspecified atom stereocenters. The molecule has 1 N–H and O–H groups in total. The van der Waals surface area contributed by atoms with E-state index in [4.69, 9.17) is 0 Å². The van der Waals surface area contributed by atoms with Crippen LogP contribution in [0.3, 0.4) is 0 Å². The molecule has 1 aromatic carbocycles. The van der Waals surface area contributed by atoms with Crippen molar-refractivity contribution in [1.82, 2.24) is 30.4 Å². The summed E-state index contributed by atoms with van der Waals surface area (Å²) < 4.78 is 1.86. The van der Waals surface area contributed by atoms with Gasteiger partial charge < -0.3 is 5.32 Å². The molecule has 1 aromatic heterocycles. The number of hydrogen-bond acceptors (Lipinski definition) is 5. The zero-order valence-electron chi connectivity index (χ0n) is 14.9. The zero-order valence-corrected chi connectivity index (χ0v) is 14.9. The quantitative estimate of drug-likeness (QED) is 0.860. The molecule has 2 heterocycles. The van der Waals surface area contributed by atoms with E-state index in [2.05, 4.69) is 37.9 Å². The van der Waals surface area contributed by atoms with Crippen molar-refractivity contribution < 1.29 is 4.79 Å². The number of aromatic nitrogens is 4. The van der Waals surface area contributed by atoms with Crippen LogP contribution in [-0.4, -0.2) is 50.1 Å². The summed E-state index contributed by atoms with van der Waals surface area (Å²) in [5.41, 5.74) is 1.19. The molecule has 0 spiro atoms. The van der Waals surface area contributed by atoms with Crippen molar-refractivity contribution in [3.63, 3.8) is 0 Å². The van der Waals surface area contributed by atoms with E-state index in [1.165, 1.54) is 5.56 Å². The molecule has 7 heteroatoms. The van der Waals surface area contributed by atoms with E-state index in [1.54, 1.807) is 0 Å². The van der Waals surface area contributed by atoms with E-state index in [1.807, 2.05) is 36.7 Å². The Labute approximate surface area is 148 Å². The lowest BCUT2D eigenvalue weighted by atomic mass is 10.0. The van der Waals surface area contributed by atoms with Crippen LogP contribution in [0.15, 0.2) is 30.3 Å². The fraction of sp³-hybridized carbons (Fsp3) is 0.556. The second-order valence-corrected chi connectivity index (χ2v) is 6.95. The van der Waals surface area contributed by atoms with E-state index < -0.39 is 0 Å². The topological polar surface area (TPSA) is 75.9 Å². The third kappa shape index (κ3) is 4.85. The number of likely N-dealkylation sites (tertiary alicyclic amines) is 1. The number of tetrazole rings is 1. The highest BCUT2D eigenvalue weighted by Gasteiger charge is 2.23. The van der Waals surface area contributed by atoms with Gasteiger partial charge in [0.1, 0.15) is 0 Å². The van der Waals surface area contributed by atoms with Crippen LogP contribution in [0.25, 0.3) is 0 Å². The summed E-state index contributed by atoms with van der Waals surface area (Å²) >= 11 is 0. The first-order valence-corrected chi connectivity index (χ1v) is 8.93. The van der Waals surface area contributed by atoms with Gasteiger partial charge in [-0.3, -0.25) is 9.69 Å². The predicted octanol–water partition coefficient (Wildman–Crippen LogP) is 1.46. The molecule has 7 nitrogen and oxygen atoms in total. The summed E-state index contributed by atoms with van der Waals surface area (Å²) in [6.07, 6.45) is 1.94. The van der Waals surface area contributed by atoms with Crippen molar-refractivity contribution in [2.75, 3.05) is 13.1 Å². The first-order valence-electron chi connectivity index (χ1n) is 8.93. The summed E-state index contributed by atoms with van der Waals surface area (Å²) in [4.78, 5) is 14.2. The number of amides is 1. The molecule has 1 aliphatic rings. The normalized spacial score (nSPS) is 16.3. The maximum Gasteiger partial charge on any atom is 0.222 e. The Morgan fingerprint density at radius 3 is 2.60 bits per heavy atom. The standard InChI is InChI=1S/C18H26N6O/c1-14(2)18(25)19-16-8-10-23(11-9-16)13-17-20-21-22-24(17)12-15-6-4-3-5-7-15/h3-7,14,16H,8-13H2,1-2H3,(H,19,25). The summed E-state index contributed by atoms with van der Waals surface area (Å²) in [5, 5.41) is 15.3. The van der Waals surface area contributed by atoms with Gasteiger partial charge in [0.15, 0.2) is 5.82 Å². The van der Waals surface area contributed by atoms with Crippen molar-refractivity contribution in [3.05, 3.63) is 41.7 Å². The molecule has 1 saturated heterocycles. The fourth-order valence-electron chi connectivity index (χ4n) is 3.02. The molecule has 1 aliphatic heterocycles. The molecular weight excluding hydrogens is 316 g/mol. The molecule has 0 atom stereocenters. The van der Waals surface area contributed by atoms with Crippen LogP contribution in [0, 0.1) is 5.92 Å². The van der Waals surface area contributed by atoms with Gasteiger partial charge in [-0.15, -0.1) is 5.10 Å². The number of nitrogens with one attached hydrogen (secondary N) is 1. The fourth-order valence-corrected chi connectivity index (χ4v) is 3.02. The van der Waals surface area contributed by atoms with Gasteiger partial charge in [0, 0.05) is 25.0 Å².